The first-order chi connectivity index (χ1) is 8.90. The first kappa shape index (κ1) is 13.5. The molecule has 0 bridgehead atoms. The highest BCUT2D eigenvalue weighted by Gasteiger charge is 2.17. The summed E-state index contributed by atoms with van der Waals surface area (Å²) in [5, 5.41) is 6.29. The summed E-state index contributed by atoms with van der Waals surface area (Å²) in [6, 6.07) is 2.40. The normalized spacial score (nSPS) is 10.5. The molecule has 0 atom stereocenters. The van der Waals surface area contributed by atoms with Crippen molar-refractivity contribution >= 4 is 33.4 Å². The van der Waals surface area contributed by atoms with Crippen molar-refractivity contribution in [2.24, 2.45) is 0 Å². The lowest BCUT2D eigenvalue weighted by atomic mass is 10.2. The van der Waals surface area contributed by atoms with Gasteiger partial charge in [0, 0.05) is 10.0 Å². The summed E-state index contributed by atoms with van der Waals surface area (Å²) in [5.41, 5.74) is 6.98. The van der Waals surface area contributed by atoms with Gasteiger partial charge in [-0.25, -0.2) is 4.39 Å². The first-order valence-electron chi connectivity index (χ1n) is 5.39. The summed E-state index contributed by atoms with van der Waals surface area (Å²) in [7, 11) is 0. The highest BCUT2D eigenvalue weighted by atomic mass is 79.9. The molecule has 1 aromatic heterocycles. The standard InChI is InChI=1S/C12H11BrFN3O2/c1-5-6(2)17-19-12(5)16-11(18)7-3-10(15)9(14)4-8(7)13/h3-4H,15H2,1-2H3,(H,16,18). The van der Waals surface area contributed by atoms with E-state index in [1.807, 2.05) is 0 Å². The fourth-order valence-corrected chi connectivity index (χ4v) is 1.94. The van der Waals surface area contributed by atoms with Crippen LogP contribution in [0.5, 0.6) is 0 Å². The molecule has 0 aliphatic rings. The van der Waals surface area contributed by atoms with Crippen molar-refractivity contribution in [2.75, 3.05) is 11.1 Å². The Kier molecular flexibility index (Phi) is 3.57. The molecule has 0 fully saturated rings. The summed E-state index contributed by atoms with van der Waals surface area (Å²) >= 11 is 3.12. The second kappa shape index (κ2) is 5.00. The van der Waals surface area contributed by atoms with Gasteiger partial charge in [0.2, 0.25) is 5.88 Å². The van der Waals surface area contributed by atoms with Crippen LogP contribution >= 0.6 is 15.9 Å². The van der Waals surface area contributed by atoms with Crippen LogP contribution < -0.4 is 11.1 Å². The number of benzene rings is 1. The molecule has 3 N–H and O–H groups in total. The smallest absolute Gasteiger partial charge is 0.259 e. The molecule has 0 spiro atoms. The topological polar surface area (TPSA) is 81.2 Å². The third-order valence-electron chi connectivity index (χ3n) is 2.72. The maximum absolute atomic E-state index is 13.2. The van der Waals surface area contributed by atoms with E-state index in [9.17, 15) is 9.18 Å². The Bertz CT molecular complexity index is 655. The highest BCUT2D eigenvalue weighted by molar-refractivity contribution is 9.10. The van der Waals surface area contributed by atoms with E-state index in [4.69, 9.17) is 10.3 Å². The van der Waals surface area contributed by atoms with Crippen molar-refractivity contribution in [1.82, 2.24) is 5.16 Å². The summed E-state index contributed by atoms with van der Waals surface area (Å²) in [6.45, 7) is 3.54. The van der Waals surface area contributed by atoms with E-state index >= 15 is 0 Å². The highest BCUT2D eigenvalue weighted by Crippen LogP contribution is 2.25. The molecular formula is C12H11BrFN3O2. The number of nitrogens with one attached hydrogen (secondary N) is 1. The summed E-state index contributed by atoms with van der Waals surface area (Å²) < 4.78 is 18.5. The molecule has 0 unspecified atom stereocenters. The fourth-order valence-electron chi connectivity index (χ4n) is 1.44. The molecule has 1 amide bonds. The monoisotopic (exact) mass is 327 g/mol. The molecule has 2 rings (SSSR count). The van der Waals surface area contributed by atoms with E-state index < -0.39 is 11.7 Å². The Morgan fingerprint density at radius 2 is 2.16 bits per heavy atom. The van der Waals surface area contributed by atoms with Gasteiger partial charge in [-0.3, -0.25) is 10.1 Å². The number of amides is 1. The Labute approximate surface area is 117 Å². The van der Waals surface area contributed by atoms with Crippen LogP contribution in [0.25, 0.3) is 0 Å². The van der Waals surface area contributed by atoms with Crippen LogP contribution in [0.2, 0.25) is 0 Å². The molecule has 0 saturated heterocycles. The molecule has 0 aliphatic heterocycles. The number of rotatable bonds is 2. The summed E-state index contributed by atoms with van der Waals surface area (Å²) in [4.78, 5) is 12.1. The molecule has 0 radical (unpaired) electrons. The zero-order chi connectivity index (χ0) is 14.2. The van der Waals surface area contributed by atoms with E-state index in [0.717, 1.165) is 11.6 Å². The number of carbonyl (C=O) groups excluding carboxylic acids is 1. The number of anilines is 2. The number of aromatic nitrogens is 1. The maximum atomic E-state index is 13.2. The number of aryl methyl sites for hydroxylation is 1. The van der Waals surface area contributed by atoms with E-state index in [1.54, 1.807) is 13.8 Å². The molecule has 100 valence electrons. The molecule has 0 saturated carbocycles. The fraction of sp³-hybridized carbons (Fsp3) is 0.167. The quantitative estimate of drug-likeness (QED) is 0.831. The van der Waals surface area contributed by atoms with Gasteiger partial charge in [-0.05, 0) is 41.9 Å². The minimum atomic E-state index is -0.588. The second-order valence-electron chi connectivity index (χ2n) is 4.03. The van der Waals surface area contributed by atoms with E-state index in [2.05, 4.69) is 26.4 Å². The van der Waals surface area contributed by atoms with Gasteiger partial charge in [0.25, 0.3) is 5.91 Å². The SMILES string of the molecule is Cc1noc(NC(=O)c2cc(N)c(F)cc2Br)c1C. The average Bonchev–Trinajstić information content (AvgIpc) is 2.65. The van der Waals surface area contributed by atoms with Gasteiger partial charge >= 0.3 is 0 Å². The van der Waals surface area contributed by atoms with Crippen molar-refractivity contribution < 1.29 is 13.7 Å². The van der Waals surface area contributed by atoms with Gasteiger partial charge in [0.1, 0.15) is 5.82 Å². The number of nitrogens with two attached hydrogens (primary N) is 1. The lowest BCUT2D eigenvalue weighted by molar-refractivity contribution is 0.102. The van der Waals surface area contributed by atoms with Crippen molar-refractivity contribution in [3.8, 4) is 0 Å². The van der Waals surface area contributed by atoms with Gasteiger partial charge < -0.3 is 10.3 Å². The van der Waals surface area contributed by atoms with Crippen LogP contribution in [0.3, 0.4) is 0 Å². The van der Waals surface area contributed by atoms with Crippen LogP contribution in [-0.4, -0.2) is 11.1 Å². The zero-order valence-electron chi connectivity index (χ0n) is 10.3. The lowest BCUT2D eigenvalue weighted by Gasteiger charge is -2.06. The van der Waals surface area contributed by atoms with Crippen molar-refractivity contribution in [1.29, 1.82) is 0 Å². The van der Waals surface area contributed by atoms with Crippen molar-refractivity contribution in [3.05, 3.63) is 39.2 Å². The average molecular weight is 328 g/mol. The van der Waals surface area contributed by atoms with E-state index in [-0.39, 0.29) is 17.1 Å². The minimum Gasteiger partial charge on any atom is -0.396 e. The van der Waals surface area contributed by atoms with Crippen LogP contribution in [0.4, 0.5) is 16.0 Å². The molecule has 5 nitrogen and oxygen atoms in total. The molecule has 7 heteroatoms. The molecule has 19 heavy (non-hydrogen) atoms. The predicted molar refractivity (Wildman–Crippen MR) is 72.4 cm³/mol. The van der Waals surface area contributed by atoms with Crippen LogP contribution in [0.15, 0.2) is 21.1 Å². The number of hydrogen-bond acceptors (Lipinski definition) is 4. The molecule has 0 aliphatic carbocycles. The molecule has 2 aromatic rings. The maximum Gasteiger partial charge on any atom is 0.259 e. The summed E-state index contributed by atoms with van der Waals surface area (Å²) in [6.07, 6.45) is 0. The zero-order valence-corrected chi connectivity index (χ0v) is 11.8. The van der Waals surface area contributed by atoms with E-state index in [0.29, 0.717) is 10.2 Å². The van der Waals surface area contributed by atoms with Gasteiger partial charge in [-0.15, -0.1) is 0 Å². The van der Waals surface area contributed by atoms with Gasteiger partial charge in [0.15, 0.2) is 0 Å². The summed E-state index contributed by atoms with van der Waals surface area (Å²) in [5.74, 6) is -0.787. The Balaban J connectivity index is 2.30. The molecule has 1 heterocycles. The Morgan fingerprint density at radius 1 is 1.47 bits per heavy atom. The van der Waals surface area contributed by atoms with Gasteiger partial charge in [-0.2, -0.15) is 0 Å². The third-order valence-corrected chi connectivity index (χ3v) is 3.37. The predicted octanol–water partition coefficient (Wildman–Crippen LogP) is 3.03. The van der Waals surface area contributed by atoms with Gasteiger partial charge in [-0.1, -0.05) is 5.16 Å². The Morgan fingerprint density at radius 3 is 2.74 bits per heavy atom. The number of carbonyl (C=O) groups is 1. The van der Waals surface area contributed by atoms with Crippen LogP contribution in [0.1, 0.15) is 21.6 Å². The Hall–Kier alpha value is -1.89. The van der Waals surface area contributed by atoms with Crippen molar-refractivity contribution in [3.63, 3.8) is 0 Å². The van der Waals surface area contributed by atoms with Crippen molar-refractivity contribution in [2.45, 2.75) is 13.8 Å². The number of hydrogen-bond donors (Lipinski definition) is 2. The van der Waals surface area contributed by atoms with E-state index in [1.165, 1.54) is 6.07 Å². The number of nitrogens with zero attached hydrogens (tertiary/aromatic N) is 1. The second-order valence-corrected chi connectivity index (χ2v) is 4.88. The van der Waals surface area contributed by atoms with Gasteiger partial charge in [0.05, 0.1) is 16.9 Å². The first-order valence-corrected chi connectivity index (χ1v) is 6.18. The van der Waals surface area contributed by atoms with Crippen LogP contribution in [-0.2, 0) is 0 Å². The number of halogens is 2. The largest absolute Gasteiger partial charge is 0.396 e. The lowest BCUT2D eigenvalue weighted by Crippen LogP contribution is -2.13. The third kappa shape index (κ3) is 2.60. The van der Waals surface area contributed by atoms with Crippen LogP contribution in [0, 0.1) is 19.7 Å². The molecular weight excluding hydrogens is 317 g/mol. The molecule has 1 aromatic carbocycles. The number of nitrogen functional groups attached to an aromatic ring is 1. The minimum absolute atomic E-state index is 0.0983.